The zero-order valence-electron chi connectivity index (χ0n) is 11.7. The number of hydrogen-bond acceptors (Lipinski definition) is 6. The standard InChI is InChI=1S/C12H17N3O4S/c1-8-6-15(5-4-11(8)13-7-16)20(17,18)12-9(2)14-19-10(12)3/h8,11H,4-6H2,1-3H3. The second kappa shape index (κ2) is 5.47. The molecule has 1 aromatic heterocycles. The van der Waals surface area contributed by atoms with Crippen LogP contribution in [0.5, 0.6) is 0 Å². The van der Waals surface area contributed by atoms with Crippen LogP contribution in [0.4, 0.5) is 0 Å². The first-order valence-electron chi connectivity index (χ1n) is 6.38. The fourth-order valence-corrected chi connectivity index (χ4v) is 4.39. The smallest absolute Gasteiger partial charge is 0.248 e. The van der Waals surface area contributed by atoms with E-state index in [1.165, 1.54) is 4.31 Å². The molecule has 1 fully saturated rings. The predicted octanol–water partition coefficient (Wildman–Crippen LogP) is 1.03. The van der Waals surface area contributed by atoms with Gasteiger partial charge in [0.25, 0.3) is 0 Å². The Morgan fingerprint density at radius 1 is 1.45 bits per heavy atom. The molecule has 0 aliphatic carbocycles. The number of rotatable bonds is 3. The van der Waals surface area contributed by atoms with Crippen LogP contribution in [-0.4, -0.2) is 43.1 Å². The summed E-state index contributed by atoms with van der Waals surface area (Å²) in [7, 11) is -3.61. The third-order valence-electron chi connectivity index (χ3n) is 3.61. The molecule has 7 nitrogen and oxygen atoms in total. The number of aliphatic imine (C=N–C) groups is 1. The number of carbonyl (C=O) groups excluding carboxylic acids is 1. The lowest BCUT2D eigenvalue weighted by atomic mass is 9.96. The molecular weight excluding hydrogens is 282 g/mol. The van der Waals surface area contributed by atoms with Gasteiger partial charge in [0, 0.05) is 13.1 Å². The first kappa shape index (κ1) is 14.9. The Labute approximate surface area is 117 Å². The van der Waals surface area contributed by atoms with Crippen LogP contribution in [0.25, 0.3) is 0 Å². The van der Waals surface area contributed by atoms with Crippen LogP contribution in [0.3, 0.4) is 0 Å². The fourth-order valence-electron chi connectivity index (χ4n) is 2.54. The SMILES string of the molecule is Cc1noc(C)c1S(=O)(=O)N1CCC(N=C=O)C(C)C1. The van der Waals surface area contributed by atoms with E-state index in [4.69, 9.17) is 4.52 Å². The van der Waals surface area contributed by atoms with Crippen molar-refractivity contribution in [1.82, 2.24) is 9.46 Å². The van der Waals surface area contributed by atoms with Gasteiger partial charge in [-0.3, -0.25) is 0 Å². The Morgan fingerprint density at radius 3 is 2.65 bits per heavy atom. The number of aryl methyl sites for hydroxylation is 2. The summed E-state index contributed by atoms with van der Waals surface area (Å²) in [5.74, 6) is 0.267. The van der Waals surface area contributed by atoms with E-state index >= 15 is 0 Å². The van der Waals surface area contributed by atoms with Crippen molar-refractivity contribution >= 4 is 16.1 Å². The van der Waals surface area contributed by atoms with E-state index in [1.807, 2.05) is 6.92 Å². The van der Waals surface area contributed by atoms with E-state index in [1.54, 1.807) is 19.9 Å². The molecule has 0 spiro atoms. The van der Waals surface area contributed by atoms with E-state index in [9.17, 15) is 13.2 Å². The molecule has 8 heteroatoms. The monoisotopic (exact) mass is 299 g/mol. The van der Waals surface area contributed by atoms with Crippen LogP contribution in [0.1, 0.15) is 24.8 Å². The summed E-state index contributed by atoms with van der Waals surface area (Å²) in [6, 6.07) is -0.163. The first-order valence-corrected chi connectivity index (χ1v) is 7.82. The summed E-state index contributed by atoms with van der Waals surface area (Å²) in [5, 5.41) is 3.69. The van der Waals surface area contributed by atoms with Crippen molar-refractivity contribution in [3.05, 3.63) is 11.5 Å². The summed E-state index contributed by atoms with van der Waals surface area (Å²) in [6.45, 7) is 5.71. The number of sulfonamides is 1. The first-order chi connectivity index (χ1) is 9.37. The highest BCUT2D eigenvalue weighted by Crippen LogP contribution is 2.28. The average Bonchev–Trinajstić information content (AvgIpc) is 2.72. The lowest BCUT2D eigenvalue weighted by Gasteiger charge is -2.33. The molecule has 0 saturated carbocycles. The Kier molecular flexibility index (Phi) is 4.08. The van der Waals surface area contributed by atoms with Crippen LogP contribution in [0.2, 0.25) is 0 Å². The van der Waals surface area contributed by atoms with Gasteiger partial charge in [0.2, 0.25) is 16.1 Å². The molecule has 1 aromatic rings. The molecule has 1 saturated heterocycles. The molecule has 2 heterocycles. The number of piperidine rings is 1. The zero-order valence-corrected chi connectivity index (χ0v) is 12.5. The zero-order chi connectivity index (χ0) is 14.9. The van der Waals surface area contributed by atoms with Crippen molar-refractivity contribution in [2.75, 3.05) is 13.1 Å². The van der Waals surface area contributed by atoms with E-state index in [-0.39, 0.29) is 16.9 Å². The van der Waals surface area contributed by atoms with Gasteiger partial charge >= 0.3 is 0 Å². The Bertz CT molecular complexity index is 626. The van der Waals surface area contributed by atoms with Gasteiger partial charge in [0.1, 0.15) is 10.6 Å². The van der Waals surface area contributed by atoms with E-state index in [2.05, 4.69) is 10.1 Å². The summed E-state index contributed by atoms with van der Waals surface area (Å²) in [6.07, 6.45) is 2.06. The van der Waals surface area contributed by atoms with Gasteiger partial charge in [-0.25, -0.2) is 18.2 Å². The second-order valence-corrected chi connectivity index (χ2v) is 6.94. The molecule has 0 bridgehead atoms. The molecule has 0 N–H and O–H groups in total. The second-order valence-electron chi connectivity index (χ2n) is 5.07. The lowest BCUT2D eigenvalue weighted by molar-refractivity contribution is 0.250. The van der Waals surface area contributed by atoms with Crippen molar-refractivity contribution < 1.29 is 17.7 Å². The van der Waals surface area contributed by atoms with Gasteiger partial charge in [-0.1, -0.05) is 12.1 Å². The van der Waals surface area contributed by atoms with Crippen LogP contribution in [0, 0.1) is 19.8 Å². The van der Waals surface area contributed by atoms with Crippen LogP contribution in [0.15, 0.2) is 14.4 Å². The maximum absolute atomic E-state index is 12.6. The third kappa shape index (κ3) is 2.54. The molecule has 1 aliphatic rings. The highest BCUT2D eigenvalue weighted by atomic mass is 32.2. The Hall–Kier alpha value is -1.50. The quantitative estimate of drug-likeness (QED) is 0.614. The maximum atomic E-state index is 12.6. The summed E-state index contributed by atoms with van der Waals surface area (Å²) >= 11 is 0. The average molecular weight is 299 g/mol. The predicted molar refractivity (Wildman–Crippen MR) is 70.4 cm³/mol. The highest BCUT2D eigenvalue weighted by Gasteiger charge is 2.36. The van der Waals surface area contributed by atoms with Gasteiger partial charge in [0.15, 0.2) is 5.76 Å². The van der Waals surface area contributed by atoms with E-state index in [0.717, 1.165) is 0 Å². The molecule has 1 aliphatic heterocycles. The molecule has 20 heavy (non-hydrogen) atoms. The normalized spacial score (nSPS) is 24.4. The molecule has 110 valence electrons. The van der Waals surface area contributed by atoms with Crippen LogP contribution < -0.4 is 0 Å². The number of isocyanates is 1. The van der Waals surface area contributed by atoms with Gasteiger partial charge < -0.3 is 4.52 Å². The number of aromatic nitrogens is 1. The minimum atomic E-state index is -3.61. The molecular formula is C12H17N3O4S. The topological polar surface area (TPSA) is 92.8 Å². The largest absolute Gasteiger partial charge is 0.360 e. The Morgan fingerprint density at radius 2 is 2.15 bits per heavy atom. The van der Waals surface area contributed by atoms with Gasteiger partial charge in [-0.2, -0.15) is 4.31 Å². The van der Waals surface area contributed by atoms with Crippen molar-refractivity contribution in [1.29, 1.82) is 0 Å². The van der Waals surface area contributed by atoms with E-state index in [0.29, 0.717) is 31.0 Å². The lowest BCUT2D eigenvalue weighted by Crippen LogP contribution is -2.44. The fraction of sp³-hybridized carbons (Fsp3) is 0.667. The van der Waals surface area contributed by atoms with Gasteiger partial charge in [-0.05, 0) is 26.2 Å². The van der Waals surface area contributed by atoms with Crippen LogP contribution >= 0.6 is 0 Å². The van der Waals surface area contributed by atoms with Crippen molar-refractivity contribution in [3.8, 4) is 0 Å². The van der Waals surface area contributed by atoms with Crippen molar-refractivity contribution in [2.45, 2.75) is 38.1 Å². The minimum absolute atomic E-state index is 0.0274. The maximum Gasteiger partial charge on any atom is 0.248 e. The molecule has 2 unspecified atom stereocenters. The molecule has 2 rings (SSSR count). The molecule has 0 amide bonds. The van der Waals surface area contributed by atoms with Crippen LogP contribution in [-0.2, 0) is 14.8 Å². The molecule has 2 atom stereocenters. The highest BCUT2D eigenvalue weighted by molar-refractivity contribution is 7.89. The Balaban J connectivity index is 2.27. The summed E-state index contributed by atoms with van der Waals surface area (Å²) < 4.78 is 31.6. The van der Waals surface area contributed by atoms with Crippen molar-refractivity contribution in [2.24, 2.45) is 10.9 Å². The van der Waals surface area contributed by atoms with Gasteiger partial charge in [0.05, 0.1) is 6.04 Å². The number of nitrogens with zero attached hydrogens (tertiary/aromatic N) is 3. The third-order valence-corrected chi connectivity index (χ3v) is 5.72. The van der Waals surface area contributed by atoms with Gasteiger partial charge in [-0.15, -0.1) is 0 Å². The molecule has 0 aromatic carbocycles. The summed E-state index contributed by atoms with van der Waals surface area (Å²) in [4.78, 5) is 14.2. The van der Waals surface area contributed by atoms with Crippen molar-refractivity contribution in [3.63, 3.8) is 0 Å². The molecule has 0 radical (unpaired) electrons. The number of hydrogen-bond donors (Lipinski definition) is 0. The minimum Gasteiger partial charge on any atom is -0.360 e. The van der Waals surface area contributed by atoms with E-state index < -0.39 is 10.0 Å². The summed E-state index contributed by atoms with van der Waals surface area (Å²) in [5.41, 5.74) is 0.364.